The first-order valence-electron chi connectivity index (χ1n) is 11.1. The van der Waals surface area contributed by atoms with Crippen LogP contribution in [-0.4, -0.2) is 64.1 Å². The van der Waals surface area contributed by atoms with Crippen LogP contribution in [0.1, 0.15) is 24.0 Å². The predicted octanol–water partition coefficient (Wildman–Crippen LogP) is 2.67. The molecule has 0 atom stereocenters. The molecule has 1 N–H and O–H groups in total. The fraction of sp³-hybridized carbons (Fsp3) is 0.417. The summed E-state index contributed by atoms with van der Waals surface area (Å²) in [7, 11) is -3.69. The Morgan fingerprint density at radius 2 is 1.76 bits per heavy atom. The number of rotatable bonds is 10. The Morgan fingerprint density at radius 3 is 2.47 bits per heavy atom. The minimum absolute atomic E-state index is 0.0841. The molecule has 0 radical (unpaired) electrons. The van der Waals surface area contributed by atoms with Gasteiger partial charge in [0, 0.05) is 25.2 Å². The molecule has 0 aliphatic carbocycles. The molecule has 9 nitrogen and oxygen atoms in total. The van der Waals surface area contributed by atoms with Crippen LogP contribution in [0.3, 0.4) is 0 Å². The van der Waals surface area contributed by atoms with Crippen molar-refractivity contribution in [3.63, 3.8) is 0 Å². The van der Waals surface area contributed by atoms with Crippen molar-refractivity contribution in [1.29, 1.82) is 0 Å². The lowest BCUT2D eigenvalue weighted by Crippen LogP contribution is -2.40. The highest BCUT2D eigenvalue weighted by Gasteiger charge is 2.27. The van der Waals surface area contributed by atoms with E-state index in [0.29, 0.717) is 37.5 Å². The van der Waals surface area contributed by atoms with Crippen molar-refractivity contribution >= 4 is 27.6 Å². The van der Waals surface area contributed by atoms with Crippen molar-refractivity contribution in [2.75, 3.05) is 44.8 Å². The topological polar surface area (TPSA) is 111 Å². The number of aryl methyl sites for hydroxylation is 2. The number of amides is 1. The molecular weight excluding hydrogens is 460 g/mol. The van der Waals surface area contributed by atoms with Crippen LogP contribution in [-0.2, 0) is 29.1 Å². The normalized spacial score (nSPS) is 14.4. The molecule has 0 unspecified atom stereocenters. The van der Waals surface area contributed by atoms with Gasteiger partial charge < -0.3 is 19.5 Å². The number of carbonyl (C=O) groups is 2. The molecule has 2 aromatic rings. The Balaban J connectivity index is 1.45. The number of nitrogens with one attached hydrogen (secondary N) is 1. The average Bonchev–Trinajstić information content (AvgIpc) is 2.83. The standard InChI is InChI=1S/C24H30N2O7S/c1-18-5-8-20(9-6-18)32-13-3-4-24(28)33-17-23(27)25-22-16-21(10-7-19(22)2)34(29,30)26-11-14-31-15-12-26/h5-10,16H,3-4,11-15,17H2,1-2H3,(H,25,27). The molecule has 0 bridgehead atoms. The SMILES string of the molecule is Cc1ccc(OCCCC(=O)OCC(=O)Nc2cc(S(=O)(=O)N3CCOCC3)ccc2C)cc1. The minimum Gasteiger partial charge on any atom is -0.494 e. The minimum atomic E-state index is -3.69. The smallest absolute Gasteiger partial charge is 0.306 e. The van der Waals surface area contributed by atoms with Crippen LogP contribution >= 0.6 is 0 Å². The first kappa shape index (κ1) is 25.7. The van der Waals surface area contributed by atoms with Gasteiger partial charge in [0.1, 0.15) is 5.75 Å². The zero-order chi connectivity index (χ0) is 24.6. The summed E-state index contributed by atoms with van der Waals surface area (Å²) in [5, 5.41) is 2.63. The molecule has 2 aromatic carbocycles. The second kappa shape index (κ2) is 12.0. The zero-order valence-electron chi connectivity index (χ0n) is 19.4. The van der Waals surface area contributed by atoms with Crippen molar-refractivity contribution in [1.82, 2.24) is 4.31 Å². The highest BCUT2D eigenvalue weighted by atomic mass is 32.2. The van der Waals surface area contributed by atoms with Crippen LogP contribution in [0.25, 0.3) is 0 Å². The fourth-order valence-electron chi connectivity index (χ4n) is 3.28. The number of morpholine rings is 1. The number of hydrogen-bond acceptors (Lipinski definition) is 7. The van der Waals surface area contributed by atoms with Crippen molar-refractivity contribution in [2.45, 2.75) is 31.6 Å². The summed E-state index contributed by atoms with van der Waals surface area (Å²) >= 11 is 0. The molecule has 184 valence electrons. The van der Waals surface area contributed by atoms with E-state index in [-0.39, 0.29) is 24.4 Å². The molecule has 0 spiro atoms. The van der Waals surface area contributed by atoms with Crippen molar-refractivity contribution in [3.05, 3.63) is 53.6 Å². The Labute approximate surface area is 200 Å². The summed E-state index contributed by atoms with van der Waals surface area (Å²) in [5.41, 5.74) is 2.17. The van der Waals surface area contributed by atoms with E-state index in [1.807, 2.05) is 31.2 Å². The van der Waals surface area contributed by atoms with E-state index < -0.39 is 28.5 Å². The lowest BCUT2D eigenvalue weighted by molar-refractivity contribution is -0.147. The van der Waals surface area contributed by atoms with Gasteiger partial charge in [-0.1, -0.05) is 23.8 Å². The van der Waals surface area contributed by atoms with E-state index in [1.54, 1.807) is 13.0 Å². The average molecular weight is 491 g/mol. The van der Waals surface area contributed by atoms with Gasteiger partial charge in [-0.15, -0.1) is 0 Å². The summed E-state index contributed by atoms with van der Waals surface area (Å²) in [5.74, 6) is -0.331. The van der Waals surface area contributed by atoms with Gasteiger partial charge in [0.2, 0.25) is 10.0 Å². The van der Waals surface area contributed by atoms with E-state index >= 15 is 0 Å². The van der Waals surface area contributed by atoms with Gasteiger partial charge in [0.15, 0.2) is 6.61 Å². The quantitative estimate of drug-likeness (QED) is 0.403. The number of hydrogen-bond donors (Lipinski definition) is 1. The van der Waals surface area contributed by atoms with Gasteiger partial charge in [0.25, 0.3) is 5.91 Å². The molecule has 1 fully saturated rings. The molecule has 3 rings (SSSR count). The summed E-state index contributed by atoms with van der Waals surface area (Å²) in [6.45, 7) is 4.89. The molecule has 1 aliphatic heterocycles. The van der Waals surface area contributed by atoms with E-state index in [0.717, 1.165) is 11.3 Å². The molecule has 1 heterocycles. The monoisotopic (exact) mass is 490 g/mol. The Kier molecular flexibility index (Phi) is 9.03. The summed E-state index contributed by atoms with van der Waals surface area (Å²) in [6.07, 6.45) is 0.570. The van der Waals surface area contributed by atoms with Crippen LogP contribution in [0.4, 0.5) is 5.69 Å². The molecular formula is C24H30N2O7S. The van der Waals surface area contributed by atoms with Crippen molar-refractivity contribution in [3.8, 4) is 5.75 Å². The van der Waals surface area contributed by atoms with Crippen LogP contribution in [0, 0.1) is 13.8 Å². The summed E-state index contributed by atoms with van der Waals surface area (Å²) in [6, 6.07) is 12.2. The Bertz CT molecular complexity index is 1090. The largest absolute Gasteiger partial charge is 0.494 e. The third-order valence-electron chi connectivity index (χ3n) is 5.27. The number of anilines is 1. The predicted molar refractivity (Wildman–Crippen MR) is 126 cm³/mol. The molecule has 0 saturated carbocycles. The Hall–Kier alpha value is -2.95. The fourth-order valence-corrected chi connectivity index (χ4v) is 4.71. The highest BCUT2D eigenvalue weighted by molar-refractivity contribution is 7.89. The molecule has 1 amide bonds. The Morgan fingerprint density at radius 1 is 1.06 bits per heavy atom. The van der Waals surface area contributed by atoms with E-state index in [4.69, 9.17) is 14.2 Å². The van der Waals surface area contributed by atoms with Gasteiger partial charge in [-0.2, -0.15) is 4.31 Å². The van der Waals surface area contributed by atoms with Gasteiger partial charge >= 0.3 is 5.97 Å². The number of carbonyl (C=O) groups excluding carboxylic acids is 2. The number of benzene rings is 2. The summed E-state index contributed by atoms with van der Waals surface area (Å²) < 4.78 is 42.9. The molecule has 1 aliphatic rings. The van der Waals surface area contributed by atoms with Gasteiger partial charge in [-0.3, -0.25) is 9.59 Å². The van der Waals surface area contributed by atoms with Crippen LogP contribution in [0.15, 0.2) is 47.4 Å². The van der Waals surface area contributed by atoms with E-state index in [2.05, 4.69) is 5.32 Å². The number of ether oxygens (including phenoxy) is 3. The summed E-state index contributed by atoms with van der Waals surface area (Å²) in [4.78, 5) is 24.3. The maximum absolute atomic E-state index is 12.9. The number of sulfonamides is 1. The lowest BCUT2D eigenvalue weighted by Gasteiger charge is -2.26. The molecule has 0 aromatic heterocycles. The van der Waals surface area contributed by atoms with E-state index in [1.165, 1.54) is 16.4 Å². The van der Waals surface area contributed by atoms with E-state index in [9.17, 15) is 18.0 Å². The van der Waals surface area contributed by atoms with Crippen molar-refractivity contribution < 1.29 is 32.2 Å². The first-order valence-corrected chi connectivity index (χ1v) is 12.5. The maximum atomic E-state index is 12.9. The maximum Gasteiger partial charge on any atom is 0.306 e. The zero-order valence-corrected chi connectivity index (χ0v) is 20.2. The highest BCUT2D eigenvalue weighted by Crippen LogP contribution is 2.23. The van der Waals surface area contributed by atoms with Crippen molar-refractivity contribution in [2.24, 2.45) is 0 Å². The third-order valence-corrected chi connectivity index (χ3v) is 7.16. The second-order valence-electron chi connectivity index (χ2n) is 7.97. The van der Waals surface area contributed by atoms with Gasteiger partial charge in [-0.05, 0) is 50.1 Å². The molecule has 10 heteroatoms. The molecule has 34 heavy (non-hydrogen) atoms. The number of esters is 1. The number of nitrogens with zero attached hydrogens (tertiary/aromatic N) is 1. The first-order chi connectivity index (χ1) is 16.3. The van der Waals surface area contributed by atoms with Gasteiger partial charge in [0.05, 0.1) is 24.7 Å². The van der Waals surface area contributed by atoms with Crippen LogP contribution in [0.2, 0.25) is 0 Å². The van der Waals surface area contributed by atoms with Gasteiger partial charge in [-0.25, -0.2) is 8.42 Å². The van der Waals surface area contributed by atoms with Crippen LogP contribution < -0.4 is 10.1 Å². The molecule has 1 saturated heterocycles. The third kappa shape index (κ3) is 7.28. The second-order valence-corrected chi connectivity index (χ2v) is 9.91. The lowest BCUT2D eigenvalue weighted by atomic mass is 10.2. The van der Waals surface area contributed by atoms with Crippen LogP contribution in [0.5, 0.6) is 5.75 Å².